The maximum absolute atomic E-state index is 5.56. The van der Waals surface area contributed by atoms with Gasteiger partial charge in [-0.05, 0) is 19.3 Å². The first-order chi connectivity index (χ1) is 7.93. The first-order valence-electron chi connectivity index (χ1n) is 7.17. The van der Waals surface area contributed by atoms with Gasteiger partial charge in [0.15, 0.2) is 0 Å². The van der Waals surface area contributed by atoms with Crippen molar-refractivity contribution in [3.05, 3.63) is 13.3 Å². The van der Waals surface area contributed by atoms with Crippen LogP contribution >= 0.6 is 0 Å². The molecular formula is C15H28O. The average Bonchev–Trinajstić information content (AvgIpc) is 3.10. The number of hydrogen-bond donors (Lipinski definition) is 0. The Morgan fingerprint density at radius 3 is 1.88 bits per heavy atom. The van der Waals surface area contributed by atoms with Gasteiger partial charge < -0.3 is 4.74 Å². The Morgan fingerprint density at radius 1 is 0.875 bits per heavy atom. The Bertz CT molecular complexity index is 140. The number of hydrogen-bond acceptors (Lipinski definition) is 1. The van der Waals surface area contributed by atoms with Gasteiger partial charge in [-0.25, -0.2) is 0 Å². The predicted octanol–water partition coefficient (Wildman–Crippen LogP) is 4.71. The van der Waals surface area contributed by atoms with Crippen molar-refractivity contribution >= 4 is 0 Å². The highest BCUT2D eigenvalue weighted by Gasteiger charge is 2.21. The van der Waals surface area contributed by atoms with Gasteiger partial charge >= 0.3 is 0 Å². The first kappa shape index (κ1) is 14.0. The zero-order chi connectivity index (χ0) is 11.5. The van der Waals surface area contributed by atoms with Gasteiger partial charge in [0.1, 0.15) is 0 Å². The van der Waals surface area contributed by atoms with E-state index in [1.165, 1.54) is 64.2 Å². The summed E-state index contributed by atoms with van der Waals surface area (Å²) in [5, 5.41) is 0. The Labute approximate surface area is 102 Å². The van der Waals surface area contributed by atoms with Crippen LogP contribution < -0.4 is 0 Å². The van der Waals surface area contributed by atoms with E-state index in [9.17, 15) is 0 Å². The van der Waals surface area contributed by atoms with Gasteiger partial charge in [-0.2, -0.15) is 0 Å². The van der Waals surface area contributed by atoms with Crippen molar-refractivity contribution in [3.63, 3.8) is 0 Å². The van der Waals surface area contributed by atoms with Crippen molar-refractivity contribution in [2.24, 2.45) is 0 Å². The van der Waals surface area contributed by atoms with E-state index in [4.69, 9.17) is 4.74 Å². The topological polar surface area (TPSA) is 9.23 Å². The molecule has 1 unspecified atom stereocenters. The van der Waals surface area contributed by atoms with E-state index in [0.717, 1.165) is 13.0 Å². The van der Waals surface area contributed by atoms with Crippen molar-refractivity contribution in [3.8, 4) is 0 Å². The van der Waals surface area contributed by atoms with E-state index in [0.29, 0.717) is 6.10 Å². The van der Waals surface area contributed by atoms with Crippen LogP contribution in [-0.2, 0) is 4.74 Å². The maximum Gasteiger partial charge on any atom is 0.0611 e. The second-order valence-corrected chi connectivity index (χ2v) is 4.92. The van der Waals surface area contributed by atoms with Gasteiger partial charge in [0.25, 0.3) is 0 Å². The molecule has 2 radical (unpaired) electrons. The molecule has 0 spiro atoms. The molecule has 1 fully saturated rings. The number of rotatable bonds is 12. The van der Waals surface area contributed by atoms with E-state index in [1.54, 1.807) is 0 Å². The first-order valence-corrected chi connectivity index (χ1v) is 7.17. The van der Waals surface area contributed by atoms with Crippen molar-refractivity contribution in [2.75, 3.05) is 6.61 Å². The third-order valence-corrected chi connectivity index (χ3v) is 3.15. The third kappa shape index (κ3) is 9.21. The second-order valence-electron chi connectivity index (χ2n) is 4.92. The fraction of sp³-hybridized carbons (Fsp3) is 0.867. The summed E-state index contributed by atoms with van der Waals surface area (Å²) in [6.45, 7) is 4.84. The monoisotopic (exact) mass is 224 g/mol. The molecule has 0 aliphatic heterocycles. The minimum Gasteiger partial charge on any atom is -0.378 e. The predicted molar refractivity (Wildman–Crippen MR) is 70.2 cm³/mol. The molecule has 0 aromatic heterocycles. The maximum atomic E-state index is 5.56. The number of ether oxygens (including phenoxy) is 1. The molecule has 1 aliphatic rings. The van der Waals surface area contributed by atoms with E-state index < -0.39 is 0 Å². The van der Waals surface area contributed by atoms with E-state index in [1.807, 2.05) is 0 Å². The average molecular weight is 224 g/mol. The third-order valence-electron chi connectivity index (χ3n) is 3.15. The van der Waals surface area contributed by atoms with Gasteiger partial charge in [-0.3, -0.25) is 0 Å². The van der Waals surface area contributed by atoms with E-state index >= 15 is 0 Å². The van der Waals surface area contributed by atoms with Crippen LogP contribution in [0.2, 0.25) is 0 Å². The molecule has 1 atom stereocenters. The van der Waals surface area contributed by atoms with E-state index in [-0.39, 0.29) is 0 Å². The summed E-state index contributed by atoms with van der Waals surface area (Å²) in [6.07, 6.45) is 17.4. The minimum atomic E-state index is 0.521. The Hall–Kier alpha value is -0.0400. The zero-order valence-corrected chi connectivity index (χ0v) is 10.8. The lowest BCUT2D eigenvalue weighted by Gasteiger charge is -2.03. The van der Waals surface area contributed by atoms with Gasteiger partial charge in [0.05, 0.1) is 6.10 Å². The molecule has 1 nitrogen and oxygen atoms in total. The molecule has 0 N–H and O–H groups in total. The highest BCUT2D eigenvalue weighted by molar-refractivity contribution is 4.96. The largest absolute Gasteiger partial charge is 0.378 e. The molecule has 0 saturated heterocycles. The summed E-state index contributed by atoms with van der Waals surface area (Å²) in [5.74, 6) is 0. The van der Waals surface area contributed by atoms with Gasteiger partial charge in [0.2, 0.25) is 0 Å². The molecule has 1 saturated carbocycles. The summed E-state index contributed by atoms with van der Waals surface area (Å²) in [7, 11) is 0. The highest BCUT2D eigenvalue weighted by Crippen LogP contribution is 2.22. The Morgan fingerprint density at radius 2 is 1.38 bits per heavy atom. The fourth-order valence-electron chi connectivity index (χ4n) is 1.94. The van der Waals surface area contributed by atoms with Crippen LogP contribution in [0.1, 0.15) is 70.6 Å². The van der Waals surface area contributed by atoms with Crippen LogP contribution in [0.3, 0.4) is 0 Å². The van der Waals surface area contributed by atoms with Gasteiger partial charge in [-0.15, -0.1) is 0 Å². The molecule has 16 heavy (non-hydrogen) atoms. The smallest absolute Gasteiger partial charge is 0.0611 e. The molecule has 0 bridgehead atoms. The van der Waals surface area contributed by atoms with Gasteiger partial charge in [0, 0.05) is 6.61 Å². The minimum absolute atomic E-state index is 0.521. The fourth-order valence-corrected chi connectivity index (χ4v) is 1.94. The quantitative estimate of drug-likeness (QED) is 0.436. The van der Waals surface area contributed by atoms with Crippen LogP contribution in [-0.4, -0.2) is 12.7 Å². The van der Waals surface area contributed by atoms with Crippen molar-refractivity contribution in [1.29, 1.82) is 0 Å². The lowest BCUT2D eigenvalue weighted by Crippen LogP contribution is -1.96. The summed E-state index contributed by atoms with van der Waals surface area (Å²) < 4.78 is 5.56. The Kier molecular flexibility index (Phi) is 8.88. The summed E-state index contributed by atoms with van der Waals surface area (Å²) in [4.78, 5) is 0. The van der Waals surface area contributed by atoms with Crippen LogP contribution in [0.4, 0.5) is 0 Å². The van der Waals surface area contributed by atoms with Crippen molar-refractivity contribution < 1.29 is 4.74 Å². The lowest BCUT2D eigenvalue weighted by molar-refractivity contribution is 0.122. The molecule has 0 amide bonds. The SMILES string of the molecule is [CH2]CCCCCCCCCCCOC1[CH]C1. The molecule has 0 heterocycles. The van der Waals surface area contributed by atoms with Gasteiger partial charge in [-0.1, -0.05) is 64.7 Å². The number of unbranched alkanes of at least 4 members (excludes halogenated alkanes) is 9. The summed E-state index contributed by atoms with van der Waals surface area (Å²) in [6, 6.07) is 0. The van der Waals surface area contributed by atoms with Crippen LogP contribution in [0.15, 0.2) is 0 Å². The summed E-state index contributed by atoms with van der Waals surface area (Å²) in [5.41, 5.74) is 0. The van der Waals surface area contributed by atoms with E-state index in [2.05, 4.69) is 13.3 Å². The second kappa shape index (κ2) is 10.1. The van der Waals surface area contributed by atoms with Crippen molar-refractivity contribution in [1.82, 2.24) is 0 Å². The summed E-state index contributed by atoms with van der Waals surface area (Å²) >= 11 is 0. The molecule has 1 aliphatic carbocycles. The highest BCUT2D eigenvalue weighted by atomic mass is 16.5. The van der Waals surface area contributed by atoms with Crippen LogP contribution in [0.25, 0.3) is 0 Å². The zero-order valence-electron chi connectivity index (χ0n) is 10.8. The molecule has 94 valence electrons. The normalized spacial score (nSPS) is 15.6. The molecular weight excluding hydrogens is 196 g/mol. The van der Waals surface area contributed by atoms with Crippen LogP contribution in [0, 0.1) is 13.3 Å². The Balaban J connectivity index is 1.61. The molecule has 0 aromatic rings. The molecule has 1 rings (SSSR count). The standard InChI is InChI=1S/C15H28O/c1-2-3-4-5-6-7-8-9-10-11-14-16-15-12-13-15/h12,15H,1-11,13-14H2. The molecule has 0 aromatic carbocycles. The lowest BCUT2D eigenvalue weighted by atomic mass is 10.1. The van der Waals surface area contributed by atoms with Crippen LogP contribution in [0.5, 0.6) is 0 Å². The van der Waals surface area contributed by atoms with Crippen molar-refractivity contribution in [2.45, 2.75) is 76.7 Å². The molecule has 1 heteroatoms.